The van der Waals surface area contributed by atoms with E-state index in [2.05, 4.69) is 0 Å². The second-order valence-electron chi connectivity index (χ2n) is 4.35. The third-order valence-electron chi connectivity index (χ3n) is 3.00. The number of carbonyl (C=O) groups is 1. The highest BCUT2D eigenvalue weighted by Crippen LogP contribution is 2.35. The van der Waals surface area contributed by atoms with Gasteiger partial charge in [-0.3, -0.25) is 4.79 Å². The molecule has 1 aromatic carbocycles. The van der Waals surface area contributed by atoms with Crippen LogP contribution in [0, 0.1) is 5.21 Å². The number of fused-ring (bicyclic) bond motifs is 1. The summed E-state index contributed by atoms with van der Waals surface area (Å²) in [6.45, 7) is 5.28. The Balaban J connectivity index is 2.80. The number of hydrogen-bond acceptors (Lipinski definition) is 2. The molecule has 0 aliphatic carbocycles. The van der Waals surface area contributed by atoms with Gasteiger partial charge >= 0.3 is 0 Å². The van der Waals surface area contributed by atoms with E-state index >= 15 is 0 Å². The predicted octanol–water partition coefficient (Wildman–Crippen LogP) is 2.15. The molecule has 0 amide bonds. The quantitative estimate of drug-likeness (QED) is 0.479. The third-order valence-corrected chi connectivity index (χ3v) is 3.00. The fourth-order valence-corrected chi connectivity index (χ4v) is 2.03. The molecule has 1 aliphatic rings. The number of hydrogen-bond donors (Lipinski definition) is 0. The van der Waals surface area contributed by atoms with Crippen LogP contribution in [0.25, 0.3) is 0 Å². The van der Waals surface area contributed by atoms with Crippen molar-refractivity contribution in [1.82, 2.24) is 0 Å². The van der Waals surface area contributed by atoms with E-state index in [0.717, 1.165) is 10.3 Å². The van der Waals surface area contributed by atoms with Gasteiger partial charge in [-0.15, -0.1) is 0 Å². The lowest BCUT2D eigenvalue weighted by atomic mass is 9.76. The molecule has 1 heterocycles. The molecule has 0 saturated carbocycles. The number of Topliss-reactive ketones (excluding diaryl/α,β-unsaturated/α-hetero) is 1. The van der Waals surface area contributed by atoms with Crippen molar-refractivity contribution in [1.29, 1.82) is 0 Å². The molecule has 0 N–H and O–H groups in total. The van der Waals surface area contributed by atoms with Crippen molar-refractivity contribution in [2.45, 2.75) is 26.2 Å². The van der Waals surface area contributed by atoms with Gasteiger partial charge in [0.15, 0.2) is 0 Å². The van der Waals surface area contributed by atoms with E-state index in [0.29, 0.717) is 5.69 Å². The first-order valence-electron chi connectivity index (χ1n) is 4.91. The minimum atomic E-state index is -0.596. The van der Waals surface area contributed by atoms with Gasteiger partial charge in [0.25, 0.3) is 0 Å². The lowest BCUT2D eigenvalue weighted by Crippen LogP contribution is -2.41. The predicted molar refractivity (Wildman–Crippen MR) is 58.4 cm³/mol. The van der Waals surface area contributed by atoms with Crippen LogP contribution in [0.4, 0.5) is 5.69 Å². The lowest BCUT2D eigenvalue weighted by Gasteiger charge is -2.28. The van der Waals surface area contributed by atoms with Gasteiger partial charge < -0.3 is 5.21 Å². The van der Waals surface area contributed by atoms with Gasteiger partial charge in [-0.25, -0.2) is 0 Å². The van der Waals surface area contributed by atoms with Crippen LogP contribution >= 0.6 is 0 Å². The highest BCUT2D eigenvalue weighted by Gasteiger charge is 2.42. The Morgan fingerprint density at radius 2 is 1.87 bits per heavy atom. The first-order valence-corrected chi connectivity index (χ1v) is 4.91. The van der Waals surface area contributed by atoms with E-state index in [9.17, 15) is 10.0 Å². The van der Waals surface area contributed by atoms with Crippen molar-refractivity contribution in [3.8, 4) is 0 Å². The van der Waals surface area contributed by atoms with Gasteiger partial charge in [0, 0.05) is 18.6 Å². The molecule has 0 aromatic heterocycles. The van der Waals surface area contributed by atoms with Crippen LogP contribution in [0.1, 0.15) is 26.3 Å². The molecule has 78 valence electrons. The summed E-state index contributed by atoms with van der Waals surface area (Å²) < 4.78 is 0.725. The SMILES string of the molecule is CC1=[N+]([O-])c2ccccc2C(C)(C)C1=O. The van der Waals surface area contributed by atoms with Gasteiger partial charge in [-0.2, -0.15) is 4.74 Å². The van der Waals surface area contributed by atoms with Crippen LogP contribution < -0.4 is 0 Å². The number of rotatable bonds is 0. The van der Waals surface area contributed by atoms with E-state index in [4.69, 9.17) is 0 Å². The van der Waals surface area contributed by atoms with E-state index in [1.165, 1.54) is 0 Å². The standard InChI is InChI=1S/C12H13NO2/c1-8-11(14)12(2,3)9-6-4-5-7-10(9)13(8)15/h4-7H,1-3H3. The normalized spacial score (nSPS) is 19.0. The Kier molecular flexibility index (Phi) is 1.93. The van der Waals surface area contributed by atoms with Crippen LogP contribution in [0.5, 0.6) is 0 Å². The Hall–Kier alpha value is -1.64. The number of nitrogens with zero attached hydrogens (tertiary/aromatic N) is 1. The summed E-state index contributed by atoms with van der Waals surface area (Å²) in [7, 11) is 0. The maximum Gasteiger partial charge on any atom is 0.234 e. The molecule has 0 bridgehead atoms. The minimum absolute atomic E-state index is 0.101. The highest BCUT2D eigenvalue weighted by atomic mass is 16.5. The molecule has 0 unspecified atom stereocenters. The summed E-state index contributed by atoms with van der Waals surface area (Å²) >= 11 is 0. The van der Waals surface area contributed by atoms with Crippen molar-refractivity contribution in [2.24, 2.45) is 0 Å². The molecule has 0 radical (unpaired) electrons. The largest absolute Gasteiger partial charge is 0.618 e. The van der Waals surface area contributed by atoms with Gasteiger partial charge in [-0.05, 0) is 13.8 Å². The average Bonchev–Trinajstić information content (AvgIpc) is 2.24. The van der Waals surface area contributed by atoms with Crippen LogP contribution in [0.3, 0.4) is 0 Å². The summed E-state index contributed by atoms with van der Waals surface area (Å²) in [4.78, 5) is 11.9. The van der Waals surface area contributed by atoms with Crippen LogP contribution in [-0.4, -0.2) is 16.2 Å². The fourth-order valence-electron chi connectivity index (χ4n) is 2.03. The number of ketones is 1. The van der Waals surface area contributed by atoms with Gasteiger partial charge in [0.1, 0.15) is 0 Å². The molecule has 0 spiro atoms. The second-order valence-corrected chi connectivity index (χ2v) is 4.35. The zero-order valence-electron chi connectivity index (χ0n) is 9.07. The van der Waals surface area contributed by atoms with Crippen molar-refractivity contribution >= 4 is 17.2 Å². The minimum Gasteiger partial charge on any atom is -0.618 e. The fraction of sp³-hybridized carbons (Fsp3) is 0.333. The molecule has 3 nitrogen and oxygen atoms in total. The summed E-state index contributed by atoms with van der Waals surface area (Å²) in [6, 6.07) is 7.25. The number of carbonyl (C=O) groups excluding carboxylic acids is 1. The van der Waals surface area contributed by atoms with E-state index in [-0.39, 0.29) is 11.5 Å². The Labute approximate surface area is 88.6 Å². The molecule has 1 aromatic rings. The van der Waals surface area contributed by atoms with Crippen molar-refractivity contribution in [3.05, 3.63) is 35.0 Å². The molecular formula is C12H13NO2. The third kappa shape index (κ3) is 1.19. The van der Waals surface area contributed by atoms with Crippen molar-refractivity contribution < 1.29 is 9.53 Å². The van der Waals surface area contributed by atoms with Crippen LogP contribution in [0.2, 0.25) is 0 Å². The van der Waals surface area contributed by atoms with Gasteiger partial charge in [0.05, 0.1) is 5.41 Å². The Morgan fingerprint density at radius 3 is 2.53 bits per heavy atom. The highest BCUT2D eigenvalue weighted by molar-refractivity contribution is 6.41. The molecular weight excluding hydrogens is 190 g/mol. The van der Waals surface area contributed by atoms with E-state index in [1.807, 2.05) is 32.0 Å². The zero-order valence-corrected chi connectivity index (χ0v) is 9.07. The molecule has 1 aliphatic heterocycles. The summed E-state index contributed by atoms with van der Waals surface area (Å²) in [6.07, 6.45) is 0. The van der Waals surface area contributed by atoms with E-state index in [1.54, 1.807) is 13.0 Å². The molecule has 2 rings (SSSR count). The Morgan fingerprint density at radius 1 is 1.27 bits per heavy atom. The molecule has 15 heavy (non-hydrogen) atoms. The smallest absolute Gasteiger partial charge is 0.234 e. The lowest BCUT2D eigenvalue weighted by molar-refractivity contribution is -0.363. The molecule has 0 atom stereocenters. The molecule has 0 saturated heterocycles. The number of benzene rings is 1. The first-order chi connectivity index (χ1) is 6.96. The van der Waals surface area contributed by atoms with Gasteiger partial charge in [-0.1, -0.05) is 18.2 Å². The topological polar surface area (TPSA) is 43.1 Å². The van der Waals surface area contributed by atoms with E-state index < -0.39 is 5.41 Å². The van der Waals surface area contributed by atoms with Crippen LogP contribution in [0.15, 0.2) is 24.3 Å². The Bertz CT molecular complexity index is 472. The monoisotopic (exact) mass is 203 g/mol. The average molecular weight is 203 g/mol. The first kappa shape index (κ1) is 9.90. The molecule has 3 heteroatoms. The van der Waals surface area contributed by atoms with Crippen molar-refractivity contribution in [2.75, 3.05) is 0 Å². The maximum atomic E-state index is 11.9. The van der Waals surface area contributed by atoms with Crippen molar-refractivity contribution in [3.63, 3.8) is 0 Å². The van der Waals surface area contributed by atoms with Gasteiger partial charge in [0.2, 0.25) is 17.2 Å². The zero-order chi connectivity index (χ0) is 11.2. The maximum absolute atomic E-state index is 11.9. The molecule has 0 fully saturated rings. The summed E-state index contributed by atoms with van der Waals surface area (Å²) in [5, 5.41) is 11.8. The second kappa shape index (κ2) is 2.92. The number of para-hydroxylation sites is 1. The summed E-state index contributed by atoms with van der Waals surface area (Å²) in [5.74, 6) is -0.101. The van der Waals surface area contributed by atoms with Crippen LogP contribution in [-0.2, 0) is 10.2 Å². The summed E-state index contributed by atoms with van der Waals surface area (Å²) in [5.41, 5.74) is 1.05.